The fraction of sp³-hybridized carbons (Fsp3) is 0.357. The third-order valence-electron chi connectivity index (χ3n) is 2.96. The third-order valence-corrected chi connectivity index (χ3v) is 2.96. The molecule has 19 heavy (non-hydrogen) atoms. The molecule has 0 bridgehead atoms. The van der Waals surface area contributed by atoms with E-state index < -0.39 is 11.4 Å². The summed E-state index contributed by atoms with van der Waals surface area (Å²) in [6.07, 6.45) is 3.52. The molecule has 1 heterocycles. The van der Waals surface area contributed by atoms with E-state index in [4.69, 9.17) is 10.5 Å². The van der Waals surface area contributed by atoms with Gasteiger partial charge in [0.25, 0.3) is 0 Å². The Bertz CT molecular complexity index is 578. The molecule has 4 nitrogen and oxygen atoms in total. The number of nitrogens with two attached hydrogens (primary N) is 1. The fourth-order valence-electron chi connectivity index (χ4n) is 2.02. The highest BCUT2D eigenvalue weighted by molar-refractivity contribution is 5.30. The monoisotopic (exact) mass is 263 g/mol. The molecular formula is C14H18FN3O. The van der Waals surface area contributed by atoms with Gasteiger partial charge in [0.1, 0.15) is 0 Å². The van der Waals surface area contributed by atoms with Gasteiger partial charge in [0.05, 0.1) is 0 Å². The van der Waals surface area contributed by atoms with Crippen LogP contribution in [-0.2, 0) is 19.2 Å². The second-order valence-electron chi connectivity index (χ2n) is 4.94. The predicted octanol–water partition coefficient (Wildman–Crippen LogP) is 2.33. The molecule has 1 aromatic carbocycles. The first-order chi connectivity index (χ1) is 8.94. The van der Waals surface area contributed by atoms with Crippen LogP contribution in [0.25, 0.3) is 0 Å². The number of aryl methyl sites for hydroxylation is 1. The number of hydrogen-bond acceptors (Lipinski definition) is 3. The van der Waals surface area contributed by atoms with E-state index >= 15 is 0 Å². The summed E-state index contributed by atoms with van der Waals surface area (Å²) in [6.45, 7) is 4.01. The minimum atomic E-state index is -0.719. The first kappa shape index (κ1) is 13.5. The second-order valence-corrected chi connectivity index (χ2v) is 4.94. The summed E-state index contributed by atoms with van der Waals surface area (Å²) in [4.78, 5) is 4.24. The van der Waals surface area contributed by atoms with E-state index in [1.165, 1.54) is 6.07 Å². The van der Waals surface area contributed by atoms with Crippen LogP contribution in [0.5, 0.6) is 5.75 Å². The molecular weight excluding hydrogens is 245 g/mol. The maximum atomic E-state index is 13.9. The van der Waals surface area contributed by atoms with E-state index in [1.807, 2.05) is 31.7 Å². The molecule has 2 aromatic rings. The van der Waals surface area contributed by atoms with Crippen LogP contribution in [0, 0.1) is 5.82 Å². The van der Waals surface area contributed by atoms with Gasteiger partial charge in [0, 0.05) is 26.0 Å². The lowest BCUT2D eigenvalue weighted by Crippen LogP contribution is -2.29. The molecule has 0 amide bonds. The number of benzene rings is 1. The van der Waals surface area contributed by atoms with Gasteiger partial charge in [-0.05, 0) is 31.5 Å². The third kappa shape index (κ3) is 2.76. The van der Waals surface area contributed by atoms with Crippen molar-refractivity contribution in [1.29, 1.82) is 0 Å². The van der Waals surface area contributed by atoms with E-state index in [-0.39, 0.29) is 5.75 Å². The lowest BCUT2D eigenvalue weighted by Gasteiger charge is -2.26. The second kappa shape index (κ2) is 5.01. The van der Waals surface area contributed by atoms with E-state index in [0.29, 0.717) is 6.54 Å². The molecule has 0 fully saturated rings. The molecule has 2 rings (SSSR count). The fourth-order valence-corrected chi connectivity index (χ4v) is 2.02. The van der Waals surface area contributed by atoms with E-state index in [0.717, 1.165) is 11.4 Å². The maximum absolute atomic E-state index is 13.9. The number of nitrogens with zero attached hydrogens (tertiary/aromatic N) is 2. The van der Waals surface area contributed by atoms with Gasteiger partial charge in [-0.25, -0.2) is 9.37 Å². The molecule has 0 aliphatic heterocycles. The van der Waals surface area contributed by atoms with Gasteiger partial charge < -0.3 is 15.0 Å². The van der Waals surface area contributed by atoms with Gasteiger partial charge >= 0.3 is 0 Å². The number of aromatic nitrogens is 2. The van der Waals surface area contributed by atoms with E-state index in [9.17, 15) is 4.39 Å². The van der Waals surface area contributed by atoms with E-state index in [1.54, 1.807) is 18.3 Å². The molecule has 0 aliphatic carbocycles. The predicted molar refractivity (Wildman–Crippen MR) is 71.2 cm³/mol. The molecule has 2 N–H and O–H groups in total. The van der Waals surface area contributed by atoms with Crippen LogP contribution in [-0.4, -0.2) is 9.55 Å². The Morgan fingerprint density at radius 3 is 2.68 bits per heavy atom. The van der Waals surface area contributed by atoms with Crippen molar-refractivity contribution < 1.29 is 9.13 Å². The van der Waals surface area contributed by atoms with Crippen LogP contribution in [0.1, 0.15) is 25.2 Å². The van der Waals surface area contributed by atoms with Gasteiger partial charge in [-0.1, -0.05) is 6.07 Å². The zero-order valence-electron chi connectivity index (χ0n) is 11.4. The van der Waals surface area contributed by atoms with Crippen LogP contribution in [0.2, 0.25) is 0 Å². The molecule has 1 aromatic heterocycles. The molecule has 0 unspecified atom stereocenters. The highest BCUT2D eigenvalue weighted by atomic mass is 19.1. The highest BCUT2D eigenvalue weighted by Crippen LogP contribution is 2.28. The van der Waals surface area contributed by atoms with Crippen LogP contribution in [0.4, 0.5) is 4.39 Å². The van der Waals surface area contributed by atoms with Crippen LogP contribution < -0.4 is 10.5 Å². The Kier molecular flexibility index (Phi) is 3.57. The average molecular weight is 263 g/mol. The SMILES string of the molecule is Cn1ccnc1C(C)(C)Oc1ccc(CN)cc1F. The zero-order chi connectivity index (χ0) is 14.0. The standard InChI is InChI=1S/C14H18FN3O/c1-14(2,13-17-6-7-18(13)3)19-12-5-4-10(9-16)8-11(12)15/h4-8H,9,16H2,1-3H3. The van der Waals surface area contributed by atoms with Gasteiger partial charge in [0.2, 0.25) is 0 Å². The first-order valence-electron chi connectivity index (χ1n) is 6.09. The molecule has 102 valence electrons. The minimum Gasteiger partial charge on any atom is -0.477 e. The molecule has 0 saturated heterocycles. The number of rotatable bonds is 4. The van der Waals surface area contributed by atoms with Crippen molar-refractivity contribution in [3.05, 3.63) is 47.8 Å². The van der Waals surface area contributed by atoms with Crippen molar-refractivity contribution in [2.75, 3.05) is 0 Å². The number of imidazole rings is 1. The smallest absolute Gasteiger partial charge is 0.165 e. The summed E-state index contributed by atoms with van der Waals surface area (Å²) >= 11 is 0. The van der Waals surface area contributed by atoms with Gasteiger partial charge in [-0.3, -0.25) is 0 Å². The van der Waals surface area contributed by atoms with E-state index in [2.05, 4.69) is 4.98 Å². The summed E-state index contributed by atoms with van der Waals surface area (Å²) < 4.78 is 21.5. The van der Waals surface area contributed by atoms with Crippen molar-refractivity contribution >= 4 is 0 Å². The van der Waals surface area contributed by atoms with Crippen LogP contribution >= 0.6 is 0 Å². The lowest BCUT2D eigenvalue weighted by molar-refractivity contribution is 0.0898. The molecule has 0 aliphatic rings. The summed E-state index contributed by atoms with van der Waals surface area (Å²) in [5, 5.41) is 0. The Hall–Kier alpha value is -1.88. The Balaban J connectivity index is 2.28. The van der Waals surface area contributed by atoms with Crippen molar-refractivity contribution in [3.8, 4) is 5.75 Å². The number of hydrogen-bond donors (Lipinski definition) is 1. The maximum Gasteiger partial charge on any atom is 0.165 e. The van der Waals surface area contributed by atoms with Crippen LogP contribution in [0.15, 0.2) is 30.6 Å². The summed E-state index contributed by atoms with van der Waals surface area (Å²) in [5.41, 5.74) is 5.49. The minimum absolute atomic E-state index is 0.199. The molecule has 0 atom stereocenters. The van der Waals surface area contributed by atoms with Crippen molar-refractivity contribution in [3.63, 3.8) is 0 Å². The Labute approximate surface area is 112 Å². The Morgan fingerprint density at radius 1 is 1.42 bits per heavy atom. The quantitative estimate of drug-likeness (QED) is 0.921. The summed E-state index contributed by atoms with van der Waals surface area (Å²) in [6, 6.07) is 4.75. The number of halogens is 1. The van der Waals surface area contributed by atoms with Gasteiger partial charge in [-0.15, -0.1) is 0 Å². The molecule has 0 spiro atoms. The topological polar surface area (TPSA) is 53.1 Å². The normalized spacial score (nSPS) is 11.6. The van der Waals surface area contributed by atoms with Crippen molar-refractivity contribution in [2.45, 2.75) is 26.0 Å². The average Bonchev–Trinajstić information content (AvgIpc) is 2.79. The van der Waals surface area contributed by atoms with Crippen LogP contribution in [0.3, 0.4) is 0 Å². The molecule has 0 saturated carbocycles. The van der Waals surface area contributed by atoms with Crippen molar-refractivity contribution in [1.82, 2.24) is 9.55 Å². The first-order valence-corrected chi connectivity index (χ1v) is 6.09. The molecule has 5 heteroatoms. The number of ether oxygens (including phenoxy) is 1. The van der Waals surface area contributed by atoms with Crippen molar-refractivity contribution in [2.24, 2.45) is 12.8 Å². The summed E-state index contributed by atoms with van der Waals surface area (Å²) in [5.74, 6) is 0.519. The summed E-state index contributed by atoms with van der Waals surface area (Å²) in [7, 11) is 1.88. The zero-order valence-corrected chi connectivity index (χ0v) is 11.4. The largest absolute Gasteiger partial charge is 0.477 e. The van der Waals surface area contributed by atoms with Gasteiger partial charge in [-0.2, -0.15) is 0 Å². The van der Waals surface area contributed by atoms with Gasteiger partial charge in [0.15, 0.2) is 23.0 Å². The highest BCUT2D eigenvalue weighted by Gasteiger charge is 2.28. The lowest BCUT2D eigenvalue weighted by atomic mass is 10.1. The Morgan fingerprint density at radius 2 is 2.16 bits per heavy atom. The molecule has 0 radical (unpaired) electrons.